The third-order valence-corrected chi connectivity index (χ3v) is 5.68. The molecule has 136 valence electrons. The maximum atomic E-state index is 12.7. The minimum Gasteiger partial charge on any atom is -0.480 e. The summed E-state index contributed by atoms with van der Waals surface area (Å²) in [7, 11) is -2.02. The van der Waals surface area contributed by atoms with Gasteiger partial charge in [-0.15, -0.1) is 0 Å². The third kappa shape index (κ3) is 3.61. The number of hydrogen-bond acceptors (Lipinski definition) is 4. The van der Waals surface area contributed by atoms with Gasteiger partial charge in [0.15, 0.2) is 0 Å². The van der Waals surface area contributed by atoms with Crippen LogP contribution < -0.4 is 10.2 Å². The Bertz CT molecular complexity index is 1090. The summed E-state index contributed by atoms with van der Waals surface area (Å²) < 4.78 is 33.4. The number of benzene rings is 2. The number of sulfonamides is 1. The quantitative estimate of drug-likeness (QED) is 0.640. The van der Waals surface area contributed by atoms with E-state index in [4.69, 9.17) is 4.42 Å². The van der Waals surface area contributed by atoms with Crippen LogP contribution in [0.25, 0.3) is 21.9 Å². The number of fused-ring (bicyclic) bond motifs is 3. The number of rotatable bonds is 6. The number of hydrogen-bond donors (Lipinski definition) is 2. The minimum atomic E-state index is -3.97. The maximum absolute atomic E-state index is 12.7. The molecule has 3 aromatic rings. The fourth-order valence-electron chi connectivity index (χ4n) is 2.96. The molecule has 1 atom stereocenters. The number of aliphatic carboxylic acids is 1. The highest BCUT2D eigenvalue weighted by atomic mass is 32.2. The average molecular weight is 373 g/mol. The molecule has 1 aromatic heterocycles. The molecule has 0 aliphatic carbocycles. The van der Waals surface area contributed by atoms with Crippen molar-refractivity contribution < 1.29 is 22.7 Å². The predicted molar refractivity (Wildman–Crippen MR) is 103 cm³/mol. The van der Waals surface area contributed by atoms with Crippen LogP contribution in [0, 0.1) is 5.92 Å². The number of furan rings is 1. The first-order valence-corrected chi connectivity index (χ1v) is 9.84. The molecule has 0 spiro atoms. The van der Waals surface area contributed by atoms with Gasteiger partial charge in [-0.3, -0.25) is 4.79 Å². The van der Waals surface area contributed by atoms with Gasteiger partial charge in [0.1, 0.15) is 25.1 Å². The normalized spacial score (nSPS) is 13.5. The summed E-state index contributed by atoms with van der Waals surface area (Å²) in [6.07, 6.45) is 0.213. The van der Waals surface area contributed by atoms with E-state index in [-0.39, 0.29) is 17.2 Å². The summed E-state index contributed by atoms with van der Waals surface area (Å²) in [4.78, 5) is 11.4. The second-order valence-electron chi connectivity index (χ2n) is 6.90. The number of carboxylic acids is 1. The van der Waals surface area contributed by atoms with Crippen molar-refractivity contribution in [3.8, 4) is 0 Å². The fourth-order valence-corrected chi connectivity index (χ4v) is 4.18. The molecule has 0 unspecified atom stereocenters. The van der Waals surface area contributed by atoms with E-state index in [2.05, 4.69) is 4.72 Å². The highest BCUT2D eigenvalue weighted by Crippen LogP contribution is 2.30. The van der Waals surface area contributed by atoms with Crippen molar-refractivity contribution in [3.63, 3.8) is 0 Å². The Hall–Kier alpha value is -2.32. The van der Waals surface area contributed by atoms with Gasteiger partial charge in [0.2, 0.25) is 10.0 Å². The zero-order chi connectivity index (χ0) is 19.1. The van der Waals surface area contributed by atoms with E-state index >= 15 is 0 Å². The van der Waals surface area contributed by atoms with Gasteiger partial charge in [0, 0.05) is 10.8 Å². The average Bonchev–Trinajstić information content (AvgIpc) is 2.89. The van der Waals surface area contributed by atoms with Crippen molar-refractivity contribution >= 4 is 51.2 Å². The first-order valence-electron chi connectivity index (χ1n) is 8.35. The van der Waals surface area contributed by atoms with Gasteiger partial charge in [0.25, 0.3) is 0 Å². The Labute approximate surface area is 152 Å². The molecule has 8 heteroatoms. The highest BCUT2D eigenvalue weighted by Gasteiger charge is 2.26. The van der Waals surface area contributed by atoms with Crippen LogP contribution in [0.3, 0.4) is 0 Å². The molecule has 2 aromatic carbocycles. The lowest BCUT2D eigenvalue weighted by Crippen LogP contribution is -2.41. The number of carbonyl (C=O) groups is 1. The minimum absolute atomic E-state index is 0.0169. The summed E-state index contributed by atoms with van der Waals surface area (Å²) in [5, 5.41) is 10.8. The molecule has 0 saturated carbocycles. The van der Waals surface area contributed by atoms with E-state index in [0.29, 0.717) is 16.6 Å². The number of carboxylic acid groups (broad SMARTS) is 1. The molecule has 0 aliphatic heterocycles. The van der Waals surface area contributed by atoms with Gasteiger partial charge in [0.05, 0.1) is 4.90 Å². The predicted octanol–water partition coefficient (Wildman–Crippen LogP) is 1.62. The molecule has 6 nitrogen and oxygen atoms in total. The molecule has 1 heterocycles. The molecular formula is C18H20BNO5S. The van der Waals surface area contributed by atoms with Gasteiger partial charge in [-0.1, -0.05) is 31.4 Å². The van der Waals surface area contributed by atoms with Crippen LogP contribution >= 0.6 is 0 Å². The van der Waals surface area contributed by atoms with Gasteiger partial charge in [-0.25, -0.2) is 8.42 Å². The van der Waals surface area contributed by atoms with Crippen LogP contribution in [0.5, 0.6) is 0 Å². The lowest BCUT2D eigenvalue weighted by Gasteiger charge is -2.16. The summed E-state index contributed by atoms with van der Waals surface area (Å²) in [6.45, 7) is 3.69. The Morgan fingerprint density at radius 2 is 1.88 bits per heavy atom. The van der Waals surface area contributed by atoms with Crippen LogP contribution in [-0.2, 0) is 14.8 Å². The van der Waals surface area contributed by atoms with E-state index in [1.54, 1.807) is 6.07 Å². The molecular weight excluding hydrogens is 353 g/mol. The van der Waals surface area contributed by atoms with Crippen LogP contribution in [0.1, 0.15) is 20.3 Å². The Balaban J connectivity index is 2.03. The lowest BCUT2D eigenvalue weighted by molar-refractivity contribution is -0.139. The van der Waals surface area contributed by atoms with Crippen molar-refractivity contribution in [2.45, 2.75) is 31.2 Å². The van der Waals surface area contributed by atoms with E-state index in [9.17, 15) is 18.3 Å². The van der Waals surface area contributed by atoms with E-state index in [1.807, 2.05) is 39.9 Å². The molecule has 0 saturated heterocycles. The first-order chi connectivity index (χ1) is 12.2. The van der Waals surface area contributed by atoms with Crippen LogP contribution in [0.4, 0.5) is 0 Å². The summed E-state index contributed by atoms with van der Waals surface area (Å²) in [6, 6.07) is 9.09. The summed E-state index contributed by atoms with van der Waals surface area (Å²) >= 11 is 0. The zero-order valence-electron chi connectivity index (χ0n) is 14.8. The summed E-state index contributed by atoms with van der Waals surface area (Å²) in [5.41, 5.74) is 2.32. The van der Waals surface area contributed by atoms with Gasteiger partial charge in [-0.2, -0.15) is 4.72 Å². The van der Waals surface area contributed by atoms with E-state index < -0.39 is 22.0 Å². The molecule has 2 N–H and O–H groups in total. The lowest BCUT2D eigenvalue weighted by atomic mass is 9.95. The van der Waals surface area contributed by atoms with Gasteiger partial charge >= 0.3 is 5.97 Å². The van der Waals surface area contributed by atoms with Crippen LogP contribution in [0.2, 0.25) is 0 Å². The van der Waals surface area contributed by atoms with Gasteiger partial charge < -0.3 is 9.52 Å². The number of nitrogens with one attached hydrogen (secondary N) is 1. The molecule has 0 aliphatic rings. The molecule has 0 amide bonds. The Morgan fingerprint density at radius 1 is 1.15 bits per heavy atom. The molecule has 0 fully saturated rings. The monoisotopic (exact) mass is 373 g/mol. The fraction of sp³-hybridized carbons (Fsp3) is 0.278. The second-order valence-corrected chi connectivity index (χ2v) is 8.62. The topological polar surface area (TPSA) is 96.6 Å². The second kappa shape index (κ2) is 6.77. The standard InChI is InChI=1S/C18H20BNO5S/c1-10(2)7-15(18(21)22)20-26(23,24)12-4-6-16-14(9-12)13-5-3-11(19)8-17(13)25-16/h3-6,8-10,15,20H,7,19H2,1-2H3,(H,21,22)/t15-/m0/s1. The van der Waals surface area contributed by atoms with E-state index in [0.717, 1.165) is 10.8 Å². The SMILES string of the molecule is Bc1ccc2c(c1)oc1ccc(S(=O)(=O)N[C@@H](CC(C)C)C(=O)O)cc12. The summed E-state index contributed by atoms with van der Waals surface area (Å²) in [5.74, 6) is -1.14. The van der Waals surface area contributed by atoms with Crippen molar-refractivity contribution in [1.29, 1.82) is 0 Å². The van der Waals surface area contributed by atoms with Crippen molar-refractivity contribution in [1.82, 2.24) is 4.72 Å². The van der Waals surface area contributed by atoms with Gasteiger partial charge in [-0.05, 0) is 36.6 Å². The Kier molecular flexibility index (Phi) is 4.81. The van der Waals surface area contributed by atoms with E-state index in [1.165, 1.54) is 12.1 Å². The largest absolute Gasteiger partial charge is 0.480 e. The van der Waals surface area contributed by atoms with Crippen molar-refractivity contribution in [2.24, 2.45) is 5.92 Å². The maximum Gasteiger partial charge on any atom is 0.321 e. The molecule has 0 bridgehead atoms. The molecule has 26 heavy (non-hydrogen) atoms. The first kappa shape index (κ1) is 18.5. The molecule has 3 rings (SSSR count). The van der Waals surface area contributed by atoms with Crippen LogP contribution in [0.15, 0.2) is 45.7 Å². The highest BCUT2D eigenvalue weighted by molar-refractivity contribution is 7.89. The zero-order valence-corrected chi connectivity index (χ0v) is 15.6. The Morgan fingerprint density at radius 3 is 2.54 bits per heavy atom. The van der Waals surface area contributed by atoms with Crippen LogP contribution in [-0.4, -0.2) is 33.4 Å². The van der Waals surface area contributed by atoms with Crippen molar-refractivity contribution in [3.05, 3.63) is 36.4 Å². The smallest absolute Gasteiger partial charge is 0.321 e. The molecule has 0 radical (unpaired) electrons. The third-order valence-electron chi connectivity index (χ3n) is 4.21. The van der Waals surface area contributed by atoms with Crippen molar-refractivity contribution in [2.75, 3.05) is 0 Å².